The Morgan fingerprint density at radius 3 is 2.77 bits per heavy atom. The molecule has 0 radical (unpaired) electrons. The highest BCUT2D eigenvalue weighted by Crippen LogP contribution is 2.14. The lowest BCUT2D eigenvalue weighted by atomic mass is 10.2. The van der Waals surface area contributed by atoms with Crippen LogP contribution in [0.5, 0.6) is 0 Å². The van der Waals surface area contributed by atoms with Crippen LogP contribution in [0, 0.1) is 17.1 Å². The zero-order valence-electron chi connectivity index (χ0n) is 12.2. The molecule has 0 saturated carbocycles. The molecule has 1 aliphatic heterocycles. The van der Waals surface area contributed by atoms with Gasteiger partial charge in [-0.3, -0.25) is 0 Å². The first-order chi connectivity index (χ1) is 10.5. The molecule has 0 atom stereocenters. The molecule has 0 unspecified atom stereocenters. The summed E-state index contributed by atoms with van der Waals surface area (Å²) in [7, 11) is -3.71. The van der Waals surface area contributed by atoms with Gasteiger partial charge in [0.2, 0.25) is 10.0 Å². The largest absolute Gasteiger partial charge is 0.314 e. The molecule has 22 heavy (non-hydrogen) atoms. The minimum Gasteiger partial charge on any atom is -0.314 e. The van der Waals surface area contributed by atoms with Gasteiger partial charge in [0.1, 0.15) is 11.9 Å². The molecule has 1 aromatic carbocycles. The number of hydrogen-bond donors (Lipinski definition) is 2. The number of hydrogen-bond acceptors (Lipinski definition) is 5. The Bertz CT molecular complexity index is 651. The summed E-state index contributed by atoms with van der Waals surface area (Å²) < 4.78 is 39.9. The van der Waals surface area contributed by atoms with Crippen molar-refractivity contribution < 1.29 is 12.8 Å². The lowest BCUT2D eigenvalue weighted by Gasteiger charge is -2.27. The van der Waals surface area contributed by atoms with Crippen molar-refractivity contribution in [3.8, 4) is 6.07 Å². The van der Waals surface area contributed by atoms with Crippen LogP contribution in [-0.2, 0) is 10.0 Å². The SMILES string of the molecule is N#Cc1cc(S(=O)(=O)NCCCN2CCNCC2)ccc1F. The summed E-state index contributed by atoms with van der Waals surface area (Å²) >= 11 is 0. The van der Waals surface area contributed by atoms with Gasteiger partial charge in [-0.1, -0.05) is 0 Å². The highest BCUT2D eigenvalue weighted by atomic mass is 32.2. The Hall–Kier alpha value is -1.53. The van der Waals surface area contributed by atoms with E-state index in [4.69, 9.17) is 5.26 Å². The van der Waals surface area contributed by atoms with Gasteiger partial charge >= 0.3 is 0 Å². The summed E-state index contributed by atoms with van der Waals surface area (Å²) in [5.41, 5.74) is -0.274. The van der Waals surface area contributed by atoms with Crippen molar-refractivity contribution >= 4 is 10.0 Å². The maximum absolute atomic E-state index is 13.2. The number of nitrogens with zero attached hydrogens (tertiary/aromatic N) is 2. The van der Waals surface area contributed by atoms with Crippen LogP contribution in [0.15, 0.2) is 23.1 Å². The predicted octanol–water partition coefficient (Wildman–Crippen LogP) is 0.271. The van der Waals surface area contributed by atoms with Crippen LogP contribution in [0.4, 0.5) is 4.39 Å². The third kappa shape index (κ3) is 4.48. The van der Waals surface area contributed by atoms with Crippen molar-refractivity contribution in [1.82, 2.24) is 14.9 Å². The molecule has 1 fully saturated rings. The molecule has 0 aliphatic carbocycles. The number of nitrogens with one attached hydrogen (secondary N) is 2. The minimum atomic E-state index is -3.71. The summed E-state index contributed by atoms with van der Waals surface area (Å²) in [4.78, 5) is 2.18. The molecule has 0 amide bonds. The van der Waals surface area contributed by atoms with E-state index in [0.29, 0.717) is 13.0 Å². The van der Waals surface area contributed by atoms with Gasteiger partial charge in [0, 0.05) is 32.7 Å². The van der Waals surface area contributed by atoms with Crippen LogP contribution in [0.3, 0.4) is 0 Å². The Morgan fingerprint density at radius 1 is 1.36 bits per heavy atom. The van der Waals surface area contributed by atoms with Crippen LogP contribution in [0.25, 0.3) is 0 Å². The topological polar surface area (TPSA) is 85.2 Å². The summed E-state index contributed by atoms with van der Waals surface area (Å²) in [5, 5.41) is 12.0. The Morgan fingerprint density at radius 2 is 2.09 bits per heavy atom. The zero-order valence-corrected chi connectivity index (χ0v) is 13.0. The number of halogens is 1. The lowest BCUT2D eigenvalue weighted by Crippen LogP contribution is -2.44. The van der Waals surface area contributed by atoms with Gasteiger partial charge in [0.25, 0.3) is 0 Å². The molecule has 0 spiro atoms. The van der Waals surface area contributed by atoms with E-state index in [-0.39, 0.29) is 10.5 Å². The van der Waals surface area contributed by atoms with Crippen molar-refractivity contribution in [2.24, 2.45) is 0 Å². The third-order valence-electron chi connectivity index (χ3n) is 3.52. The lowest BCUT2D eigenvalue weighted by molar-refractivity contribution is 0.239. The van der Waals surface area contributed by atoms with Crippen molar-refractivity contribution in [1.29, 1.82) is 5.26 Å². The molecule has 1 aliphatic rings. The minimum absolute atomic E-state index is 0.0902. The number of piperazine rings is 1. The molecule has 1 saturated heterocycles. The fraction of sp³-hybridized carbons (Fsp3) is 0.500. The van der Waals surface area contributed by atoms with Crippen molar-refractivity contribution in [3.63, 3.8) is 0 Å². The Labute approximate surface area is 130 Å². The quantitative estimate of drug-likeness (QED) is 0.733. The van der Waals surface area contributed by atoms with Crippen molar-refractivity contribution in [2.45, 2.75) is 11.3 Å². The second-order valence-corrected chi connectivity index (χ2v) is 6.86. The molecule has 8 heteroatoms. The van der Waals surface area contributed by atoms with E-state index in [2.05, 4.69) is 14.9 Å². The van der Waals surface area contributed by atoms with Crippen LogP contribution >= 0.6 is 0 Å². The second kappa shape index (κ2) is 7.65. The van der Waals surface area contributed by atoms with Crippen molar-refractivity contribution in [3.05, 3.63) is 29.6 Å². The molecular formula is C14H19FN4O2S. The van der Waals surface area contributed by atoms with E-state index in [0.717, 1.165) is 50.9 Å². The molecule has 1 aromatic rings. The molecule has 0 bridgehead atoms. The van der Waals surface area contributed by atoms with E-state index in [1.54, 1.807) is 6.07 Å². The molecule has 6 nitrogen and oxygen atoms in total. The molecule has 2 rings (SSSR count). The summed E-state index contributed by atoms with van der Waals surface area (Å²) in [6, 6.07) is 4.84. The highest BCUT2D eigenvalue weighted by Gasteiger charge is 2.16. The molecule has 120 valence electrons. The number of benzene rings is 1. The smallest absolute Gasteiger partial charge is 0.240 e. The maximum atomic E-state index is 13.2. The van der Waals surface area contributed by atoms with Gasteiger partial charge in [-0.25, -0.2) is 17.5 Å². The first-order valence-electron chi connectivity index (χ1n) is 7.15. The van der Waals surface area contributed by atoms with E-state index in [1.165, 1.54) is 0 Å². The normalized spacial score (nSPS) is 16.4. The van der Waals surface area contributed by atoms with Crippen LogP contribution in [-0.4, -0.2) is 52.6 Å². The third-order valence-corrected chi connectivity index (χ3v) is 4.98. The molecular weight excluding hydrogens is 307 g/mol. The average molecular weight is 326 g/mol. The van der Waals surface area contributed by atoms with Gasteiger partial charge in [0.05, 0.1) is 10.5 Å². The average Bonchev–Trinajstić information content (AvgIpc) is 2.53. The standard InChI is InChI=1S/C14H19FN4O2S/c15-14-3-2-13(10-12(14)11-16)22(20,21)18-4-1-7-19-8-5-17-6-9-19/h2-3,10,17-18H,1,4-9H2. The fourth-order valence-corrected chi connectivity index (χ4v) is 3.38. The number of sulfonamides is 1. The first-order valence-corrected chi connectivity index (χ1v) is 8.63. The van der Waals surface area contributed by atoms with Crippen LogP contribution in [0.1, 0.15) is 12.0 Å². The van der Waals surface area contributed by atoms with E-state index in [1.807, 2.05) is 0 Å². The second-order valence-electron chi connectivity index (χ2n) is 5.10. The first kappa shape index (κ1) is 16.8. The molecule has 0 aromatic heterocycles. The van der Waals surface area contributed by atoms with Crippen molar-refractivity contribution in [2.75, 3.05) is 39.3 Å². The van der Waals surface area contributed by atoms with Gasteiger partial charge in [-0.05, 0) is 31.2 Å². The van der Waals surface area contributed by atoms with Crippen LogP contribution in [0.2, 0.25) is 0 Å². The maximum Gasteiger partial charge on any atom is 0.240 e. The predicted molar refractivity (Wildman–Crippen MR) is 80.2 cm³/mol. The van der Waals surface area contributed by atoms with E-state index < -0.39 is 15.8 Å². The van der Waals surface area contributed by atoms with Gasteiger partial charge in [-0.15, -0.1) is 0 Å². The monoisotopic (exact) mass is 326 g/mol. The van der Waals surface area contributed by atoms with E-state index in [9.17, 15) is 12.8 Å². The van der Waals surface area contributed by atoms with Gasteiger partial charge < -0.3 is 10.2 Å². The summed E-state index contributed by atoms with van der Waals surface area (Å²) in [6.07, 6.45) is 0.700. The van der Waals surface area contributed by atoms with Crippen LogP contribution < -0.4 is 10.0 Å². The van der Waals surface area contributed by atoms with Gasteiger partial charge in [-0.2, -0.15) is 5.26 Å². The molecule has 2 N–H and O–H groups in total. The summed E-state index contributed by atoms with van der Waals surface area (Å²) in [6.45, 7) is 4.99. The van der Waals surface area contributed by atoms with E-state index >= 15 is 0 Å². The number of nitriles is 1. The highest BCUT2D eigenvalue weighted by molar-refractivity contribution is 7.89. The fourth-order valence-electron chi connectivity index (χ4n) is 2.28. The van der Waals surface area contributed by atoms with Gasteiger partial charge in [0.15, 0.2) is 0 Å². The Kier molecular flexibility index (Phi) is 5.85. The molecule has 1 heterocycles. The zero-order chi connectivity index (χ0) is 16.0. The Balaban J connectivity index is 1.87. The number of rotatable bonds is 6. The summed E-state index contributed by atoms with van der Waals surface area (Å²) in [5.74, 6) is -0.722.